The Balaban J connectivity index is 2.76. The Hall–Kier alpha value is -4.12. The van der Waals surface area contributed by atoms with E-state index in [4.69, 9.17) is 10.6 Å². The van der Waals surface area contributed by atoms with Gasteiger partial charge in [0.1, 0.15) is 17.9 Å². The number of aliphatic carboxylic acids is 3. The summed E-state index contributed by atoms with van der Waals surface area (Å²) in [6, 6.07) is 2.85. The van der Waals surface area contributed by atoms with Gasteiger partial charge in [-0.3, -0.25) is 9.59 Å². The number of nitrogens with zero attached hydrogens (tertiary/aromatic N) is 4. The summed E-state index contributed by atoms with van der Waals surface area (Å²) >= 11 is 0. The fourth-order valence-corrected chi connectivity index (χ4v) is 3.03. The third-order valence-electron chi connectivity index (χ3n) is 4.95. The summed E-state index contributed by atoms with van der Waals surface area (Å²) in [5.74, 6) is -4.00. The van der Waals surface area contributed by atoms with Gasteiger partial charge in [0, 0.05) is 44.2 Å². The smallest absolute Gasteiger partial charge is 0.326 e. The van der Waals surface area contributed by atoms with Crippen molar-refractivity contribution in [3.05, 3.63) is 45.8 Å². The number of nitrogens with one attached hydrogen (secondary N) is 1. The normalized spacial score (nSPS) is 12.0. The van der Waals surface area contributed by atoms with Gasteiger partial charge in [0.25, 0.3) is 0 Å². The van der Waals surface area contributed by atoms with Gasteiger partial charge in [-0.25, -0.2) is 14.4 Å². The number of amides is 2. The zero-order chi connectivity index (χ0) is 25.7. The Labute approximate surface area is 195 Å². The minimum Gasteiger partial charge on any atom is -0.481 e. The second kappa shape index (κ2) is 14.1. The second-order valence-corrected chi connectivity index (χ2v) is 7.53. The van der Waals surface area contributed by atoms with Gasteiger partial charge in [0.05, 0.1) is 0 Å². The first-order valence-corrected chi connectivity index (χ1v) is 10.4. The van der Waals surface area contributed by atoms with Gasteiger partial charge < -0.3 is 25.5 Å². The van der Waals surface area contributed by atoms with Gasteiger partial charge in [-0.15, -0.1) is 0 Å². The number of carbonyl (C=O) groups is 5. The van der Waals surface area contributed by atoms with Crippen LogP contribution >= 0.6 is 0 Å². The number of azide groups is 1. The van der Waals surface area contributed by atoms with E-state index in [-0.39, 0.29) is 38.0 Å². The molecule has 0 aromatic heterocycles. The Bertz CT molecular complexity index is 943. The number of likely N-dealkylation sites (N-methyl/N-ethyl adjacent to an activating group) is 1. The molecule has 1 aromatic carbocycles. The van der Waals surface area contributed by atoms with E-state index < -0.39 is 42.4 Å². The molecule has 1 rings (SSSR count). The molecule has 0 spiro atoms. The third kappa shape index (κ3) is 10.0. The predicted molar refractivity (Wildman–Crippen MR) is 118 cm³/mol. The molecular weight excluding hydrogens is 450 g/mol. The van der Waals surface area contributed by atoms with Crippen LogP contribution in [0.25, 0.3) is 10.4 Å². The molecular formula is C21H27N5O8. The summed E-state index contributed by atoms with van der Waals surface area (Å²) in [5, 5.41) is 33.0. The highest BCUT2D eigenvalue weighted by molar-refractivity contribution is 5.86. The van der Waals surface area contributed by atoms with Crippen LogP contribution in [-0.2, 0) is 32.0 Å². The monoisotopic (exact) mass is 477 g/mol. The lowest BCUT2D eigenvalue weighted by Gasteiger charge is -2.27. The van der Waals surface area contributed by atoms with Gasteiger partial charge in [-0.1, -0.05) is 29.4 Å². The van der Waals surface area contributed by atoms with Crippen molar-refractivity contribution in [2.75, 3.05) is 13.6 Å². The van der Waals surface area contributed by atoms with Gasteiger partial charge in [0.15, 0.2) is 0 Å². The number of urea groups is 1. The average Bonchev–Trinajstić information content (AvgIpc) is 2.77. The van der Waals surface area contributed by atoms with Crippen LogP contribution in [0.4, 0.5) is 4.79 Å². The van der Waals surface area contributed by atoms with E-state index in [0.717, 1.165) is 10.5 Å². The highest BCUT2D eigenvalue weighted by Crippen LogP contribution is 2.13. The van der Waals surface area contributed by atoms with Crippen LogP contribution in [0.3, 0.4) is 0 Å². The van der Waals surface area contributed by atoms with Crippen LogP contribution in [0.2, 0.25) is 0 Å². The zero-order valence-electron chi connectivity index (χ0n) is 18.6. The minimum absolute atomic E-state index is 0.0309. The molecule has 0 aliphatic heterocycles. The van der Waals surface area contributed by atoms with Crippen molar-refractivity contribution in [3.8, 4) is 0 Å². The summed E-state index contributed by atoms with van der Waals surface area (Å²) in [4.78, 5) is 61.6. The molecule has 0 saturated heterocycles. The molecule has 0 bridgehead atoms. The lowest BCUT2D eigenvalue weighted by Crippen LogP contribution is -2.52. The topological polar surface area (TPSA) is 210 Å². The van der Waals surface area contributed by atoms with Gasteiger partial charge in [-0.2, -0.15) is 0 Å². The summed E-state index contributed by atoms with van der Waals surface area (Å²) < 4.78 is 0. The average molecular weight is 477 g/mol. The van der Waals surface area contributed by atoms with E-state index >= 15 is 0 Å². The lowest BCUT2D eigenvalue weighted by atomic mass is 10.0. The summed E-state index contributed by atoms with van der Waals surface area (Å²) in [6.45, 7) is 0.242. The van der Waals surface area contributed by atoms with E-state index in [0.29, 0.717) is 12.0 Å². The van der Waals surface area contributed by atoms with Crippen LogP contribution in [0.5, 0.6) is 0 Å². The summed E-state index contributed by atoms with van der Waals surface area (Å²) in [5.41, 5.74) is 9.52. The highest BCUT2D eigenvalue weighted by Gasteiger charge is 2.30. The fraction of sp³-hybridized carbons (Fsp3) is 0.476. The molecule has 0 unspecified atom stereocenters. The number of Topliss-reactive ketones (excluding diaryl/α,β-unsaturated/α-hetero) is 1. The van der Waals surface area contributed by atoms with Crippen molar-refractivity contribution in [1.29, 1.82) is 0 Å². The van der Waals surface area contributed by atoms with Crippen molar-refractivity contribution >= 4 is 29.7 Å². The van der Waals surface area contributed by atoms with Crippen molar-refractivity contribution in [3.63, 3.8) is 0 Å². The summed E-state index contributed by atoms with van der Waals surface area (Å²) in [7, 11) is 1.20. The molecule has 0 fully saturated rings. The molecule has 0 heterocycles. The maximum Gasteiger partial charge on any atom is 0.326 e. The number of carboxylic acid groups (broad SMARTS) is 3. The van der Waals surface area contributed by atoms with Gasteiger partial charge in [-0.05, 0) is 29.5 Å². The molecule has 13 heteroatoms. The van der Waals surface area contributed by atoms with E-state index in [1.165, 1.54) is 7.05 Å². The maximum atomic E-state index is 12.4. The molecule has 34 heavy (non-hydrogen) atoms. The first kappa shape index (κ1) is 27.9. The van der Waals surface area contributed by atoms with Crippen LogP contribution < -0.4 is 5.32 Å². The molecule has 13 nitrogen and oxygen atoms in total. The first-order chi connectivity index (χ1) is 16.0. The Morgan fingerprint density at radius 1 is 1.03 bits per heavy atom. The number of ketones is 1. The molecule has 0 radical (unpaired) electrons. The molecule has 184 valence electrons. The van der Waals surface area contributed by atoms with E-state index in [1.807, 2.05) is 0 Å². The molecule has 2 atom stereocenters. The fourth-order valence-electron chi connectivity index (χ4n) is 3.03. The first-order valence-electron chi connectivity index (χ1n) is 10.4. The Kier molecular flexibility index (Phi) is 11.6. The quantitative estimate of drug-likeness (QED) is 0.126. The number of rotatable bonds is 15. The van der Waals surface area contributed by atoms with Gasteiger partial charge in [0.2, 0.25) is 0 Å². The Morgan fingerprint density at radius 2 is 1.65 bits per heavy atom. The van der Waals surface area contributed by atoms with Crippen LogP contribution in [0.1, 0.15) is 36.8 Å². The number of hydrogen-bond donors (Lipinski definition) is 4. The van der Waals surface area contributed by atoms with Crippen LogP contribution in [-0.4, -0.2) is 75.6 Å². The lowest BCUT2D eigenvalue weighted by molar-refractivity contribution is -0.142. The molecule has 0 saturated carbocycles. The molecule has 0 aliphatic rings. The van der Waals surface area contributed by atoms with Crippen LogP contribution in [0.15, 0.2) is 29.4 Å². The van der Waals surface area contributed by atoms with Gasteiger partial charge >= 0.3 is 23.9 Å². The second-order valence-electron chi connectivity index (χ2n) is 7.53. The number of carboxylic acids is 3. The van der Waals surface area contributed by atoms with Crippen molar-refractivity contribution in [1.82, 2.24) is 10.2 Å². The summed E-state index contributed by atoms with van der Waals surface area (Å²) in [6.07, 6.45) is -0.0133. The molecule has 1 aromatic rings. The number of benzene rings is 1. The zero-order valence-corrected chi connectivity index (χ0v) is 18.6. The van der Waals surface area contributed by atoms with Crippen molar-refractivity contribution in [2.24, 2.45) is 5.11 Å². The number of hydrogen-bond acceptors (Lipinski definition) is 6. The Morgan fingerprint density at radius 3 is 2.18 bits per heavy atom. The number of carbonyl (C=O) groups excluding carboxylic acids is 2. The third-order valence-corrected chi connectivity index (χ3v) is 4.95. The van der Waals surface area contributed by atoms with E-state index in [1.54, 1.807) is 24.3 Å². The predicted octanol–water partition coefficient (Wildman–Crippen LogP) is 1.84. The molecule has 4 N–H and O–H groups in total. The SMILES string of the molecule is CN(C(=O)N[C@@H](CCC(=O)O)C(=O)O)[C@@H](Cc1ccc(CC(=O)CCCN=[N+]=[N-])cc1)C(=O)O. The molecule has 2 amide bonds. The highest BCUT2D eigenvalue weighted by atomic mass is 16.4. The standard InChI is InChI=1S/C21H27N5O8/c1-26(21(34)24-16(19(30)31)8-9-18(28)29)17(20(32)33)12-14-6-4-13(5-7-14)11-15(27)3-2-10-23-25-22/h4-7,16-17H,2-3,8-12H2,1H3,(H,24,34)(H,28,29)(H,30,31)(H,32,33)/t16-,17-/m0/s1. The largest absolute Gasteiger partial charge is 0.481 e. The maximum absolute atomic E-state index is 12.4. The molecule has 0 aliphatic carbocycles. The van der Waals surface area contributed by atoms with Crippen molar-refractivity contribution < 1.29 is 39.3 Å². The van der Waals surface area contributed by atoms with E-state index in [2.05, 4.69) is 15.3 Å². The van der Waals surface area contributed by atoms with Crippen LogP contribution in [0, 0.1) is 0 Å². The van der Waals surface area contributed by atoms with E-state index in [9.17, 15) is 34.2 Å². The minimum atomic E-state index is -1.48. The van der Waals surface area contributed by atoms with Crippen molar-refractivity contribution in [2.45, 2.75) is 50.6 Å².